The van der Waals surface area contributed by atoms with E-state index in [1.54, 1.807) is 12.4 Å². The Morgan fingerprint density at radius 3 is 2.58 bits per heavy atom. The number of fused-ring (bicyclic) bond motifs is 1. The number of hydrogen-bond donors (Lipinski definition) is 1. The van der Waals surface area contributed by atoms with Gasteiger partial charge in [-0.25, -0.2) is 0 Å². The number of amides is 1. The fraction of sp³-hybridized carbons (Fsp3) is 0.160. The summed E-state index contributed by atoms with van der Waals surface area (Å²) < 4.78 is 6.11. The molecule has 0 saturated heterocycles. The first-order chi connectivity index (χ1) is 15.3. The van der Waals surface area contributed by atoms with Crippen molar-refractivity contribution >= 4 is 5.91 Å². The van der Waals surface area contributed by atoms with Crippen molar-refractivity contribution in [3.05, 3.63) is 95.9 Å². The smallest absolute Gasteiger partial charge is 0.227 e. The van der Waals surface area contributed by atoms with E-state index >= 15 is 0 Å². The van der Waals surface area contributed by atoms with Gasteiger partial charge in [-0.3, -0.25) is 14.9 Å². The molecular formula is C25H22N4O2. The number of carbonyl (C=O) groups is 1. The Balaban J connectivity index is 1.38. The SMILES string of the molecule is O=C1Cc2c(-c3ccccc3Oc3ccccc3)n[nH]c2CN1CCc1ccncc1. The third kappa shape index (κ3) is 4.05. The van der Waals surface area contributed by atoms with Crippen LogP contribution in [0, 0.1) is 0 Å². The molecule has 5 rings (SSSR count). The second-order valence-corrected chi connectivity index (χ2v) is 7.54. The number of rotatable bonds is 6. The van der Waals surface area contributed by atoms with E-state index in [2.05, 4.69) is 15.2 Å². The van der Waals surface area contributed by atoms with Crippen LogP contribution in [0.2, 0.25) is 0 Å². The number of H-pyrrole nitrogens is 1. The minimum absolute atomic E-state index is 0.116. The van der Waals surface area contributed by atoms with Crippen LogP contribution in [0.3, 0.4) is 0 Å². The summed E-state index contributed by atoms with van der Waals surface area (Å²) in [5, 5.41) is 7.72. The van der Waals surface area contributed by atoms with Gasteiger partial charge in [0.05, 0.1) is 24.4 Å². The van der Waals surface area contributed by atoms with Crippen molar-refractivity contribution in [3.63, 3.8) is 0 Å². The first kappa shape index (κ1) is 19.1. The van der Waals surface area contributed by atoms with Crippen molar-refractivity contribution in [2.75, 3.05) is 6.54 Å². The van der Waals surface area contributed by atoms with Crippen LogP contribution >= 0.6 is 0 Å². The molecule has 0 saturated carbocycles. The summed E-state index contributed by atoms with van der Waals surface area (Å²) >= 11 is 0. The van der Waals surface area contributed by atoms with E-state index in [-0.39, 0.29) is 5.91 Å². The molecule has 1 aliphatic rings. The average molecular weight is 410 g/mol. The van der Waals surface area contributed by atoms with Gasteiger partial charge in [0.1, 0.15) is 11.5 Å². The number of pyridine rings is 1. The number of hydrogen-bond acceptors (Lipinski definition) is 4. The molecule has 0 aliphatic carbocycles. The first-order valence-electron chi connectivity index (χ1n) is 10.3. The normalized spacial score (nSPS) is 13.2. The zero-order chi connectivity index (χ0) is 21.0. The molecule has 1 amide bonds. The molecule has 31 heavy (non-hydrogen) atoms. The minimum atomic E-state index is 0.116. The highest BCUT2D eigenvalue weighted by Gasteiger charge is 2.28. The van der Waals surface area contributed by atoms with Crippen molar-refractivity contribution in [2.24, 2.45) is 0 Å². The number of nitrogens with one attached hydrogen (secondary N) is 1. The zero-order valence-corrected chi connectivity index (χ0v) is 17.0. The third-order valence-electron chi connectivity index (χ3n) is 5.52. The third-order valence-corrected chi connectivity index (χ3v) is 5.52. The van der Waals surface area contributed by atoms with Crippen molar-refractivity contribution in [1.29, 1.82) is 0 Å². The van der Waals surface area contributed by atoms with Gasteiger partial charge < -0.3 is 9.64 Å². The van der Waals surface area contributed by atoms with Gasteiger partial charge >= 0.3 is 0 Å². The number of para-hydroxylation sites is 2. The lowest BCUT2D eigenvalue weighted by molar-refractivity contribution is -0.131. The van der Waals surface area contributed by atoms with E-state index < -0.39 is 0 Å². The number of aromatic amines is 1. The van der Waals surface area contributed by atoms with E-state index in [0.717, 1.165) is 40.4 Å². The van der Waals surface area contributed by atoms with E-state index in [9.17, 15) is 4.79 Å². The second kappa shape index (κ2) is 8.44. The standard InChI is InChI=1S/C25H22N4O2/c30-24-16-21-22(17-29(24)15-12-18-10-13-26-14-11-18)27-28-25(21)20-8-4-5-9-23(20)31-19-6-2-1-3-7-19/h1-11,13-14H,12,15-17H2,(H,27,28). The van der Waals surface area contributed by atoms with Gasteiger partial charge in [-0.15, -0.1) is 0 Å². The Morgan fingerprint density at radius 2 is 1.74 bits per heavy atom. The second-order valence-electron chi connectivity index (χ2n) is 7.54. The largest absolute Gasteiger partial charge is 0.457 e. The molecule has 0 fully saturated rings. The van der Waals surface area contributed by atoms with Gasteiger partial charge in [0.25, 0.3) is 0 Å². The number of carbonyl (C=O) groups excluding carboxylic acids is 1. The Bertz CT molecular complexity index is 1190. The van der Waals surface area contributed by atoms with E-state index in [4.69, 9.17) is 4.74 Å². The molecule has 3 heterocycles. The molecule has 154 valence electrons. The van der Waals surface area contributed by atoms with Gasteiger partial charge in [0.15, 0.2) is 0 Å². The Hall–Kier alpha value is -3.93. The average Bonchev–Trinajstić information content (AvgIpc) is 3.21. The summed E-state index contributed by atoms with van der Waals surface area (Å²) in [6, 6.07) is 21.4. The van der Waals surface area contributed by atoms with Crippen molar-refractivity contribution < 1.29 is 9.53 Å². The maximum Gasteiger partial charge on any atom is 0.227 e. The van der Waals surface area contributed by atoms with Crippen LogP contribution in [0.1, 0.15) is 16.8 Å². The Kier molecular flexibility index (Phi) is 5.19. The van der Waals surface area contributed by atoms with Gasteiger partial charge in [-0.1, -0.05) is 30.3 Å². The molecule has 2 aromatic carbocycles. The predicted molar refractivity (Wildman–Crippen MR) is 118 cm³/mol. The molecule has 0 unspecified atom stereocenters. The van der Waals surface area contributed by atoms with Crippen molar-refractivity contribution in [2.45, 2.75) is 19.4 Å². The topological polar surface area (TPSA) is 71.1 Å². The van der Waals surface area contributed by atoms with E-state index in [1.807, 2.05) is 71.6 Å². The molecule has 6 nitrogen and oxygen atoms in total. The molecule has 0 atom stereocenters. The Morgan fingerprint density at radius 1 is 0.968 bits per heavy atom. The van der Waals surface area contributed by atoms with Crippen LogP contribution in [-0.2, 0) is 24.2 Å². The molecular weight excluding hydrogens is 388 g/mol. The van der Waals surface area contributed by atoms with Crippen LogP contribution in [0.15, 0.2) is 79.1 Å². The maximum atomic E-state index is 12.9. The first-order valence-corrected chi connectivity index (χ1v) is 10.3. The minimum Gasteiger partial charge on any atom is -0.457 e. The number of aromatic nitrogens is 3. The molecule has 0 spiro atoms. The van der Waals surface area contributed by atoms with Crippen LogP contribution in [0.4, 0.5) is 0 Å². The van der Waals surface area contributed by atoms with Gasteiger partial charge in [-0.05, 0) is 48.4 Å². The summed E-state index contributed by atoms with van der Waals surface area (Å²) in [4.78, 5) is 18.8. The fourth-order valence-electron chi connectivity index (χ4n) is 3.87. The number of nitrogens with zero attached hydrogens (tertiary/aromatic N) is 3. The van der Waals surface area contributed by atoms with Gasteiger partial charge in [-0.2, -0.15) is 5.10 Å². The lowest BCUT2D eigenvalue weighted by atomic mass is 9.98. The predicted octanol–water partition coefficient (Wildman–Crippen LogP) is 4.39. The van der Waals surface area contributed by atoms with Crippen molar-refractivity contribution in [3.8, 4) is 22.8 Å². The summed E-state index contributed by atoms with van der Waals surface area (Å²) in [5.41, 5.74) is 4.77. The summed E-state index contributed by atoms with van der Waals surface area (Å²) in [5.74, 6) is 1.60. The van der Waals surface area contributed by atoms with E-state index in [1.165, 1.54) is 5.56 Å². The highest BCUT2D eigenvalue weighted by atomic mass is 16.5. The lowest BCUT2D eigenvalue weighted by Crippen LogP contribution is -2.37. The molecule has 2 aromatic heterocycles. The van der Waals surface area contributed by atoms with Crippen LogP contribution in [-0.4, -0.2) is 32.5 Å². The lowest BCUT2D eigenvalue weighted by Gasteiger charge is -2.27. The van der Waals surface area contributed by atoms with Crippen molar-refractivity contribution in [1.82, 2.24) is 20.1 Å². The molecule has 6 heteroatoms. The van der Waals surface area contributed by atoms with Gasteiger partial charge in [0.2, 0.25) is 5.91 Å². The summed E-state index contributed by atoms with van der Waals surface area (Å²) in [6.45, 7) is 1.21. The van der Waals surface area contributed by atoms with Gasteiger partial charge in [0, 0.05) is 30.1 Å². The molecule has 1 aliphatic heterocycles. The quantitative estimate of drug-likeness (QED) is 0.512. The monoisotopic (exact) mass is 410 g/mol. The van der Waals surface area contributed by atoms with Crippen LogP contribution in [0.25, 0.3) is 11.3 Å². The Labute approximate surface area is 180 Å². The molecule has 4 aromatic rings. The maximum absolute atomic E-state index is 12.9. The summed E-state index contributed by atoms with van der Waals surface area (Å²) in [6.07, 6.45) is 4.69. The van der Waals surface area contributed by atoms with Crippen LogP contribution < -0.4 is 4.74 Å². The summed E-state index contributed by atoms with van der Waals surface area (Å²) in [7, 11) is 0. The number of benzene rings is 2. The fourth-order valence-corrected chi connectivity index (χ4v) is 3.87. The number of ether oxygens (including phenoxy) is 1. The highest BCUT2D eigenvalue weighted by molar-refractivity contribution is 5.84. The van der Waals surface area contributed by atoms with E-state index in [0.29, 0.717) is 19.5 Å². The molecule has 0 bridgehead atoms. The van der Waals surface area contributed by atoms with Crippen LogP contribution in [0.5, 0.6) is 11.5 Å². The molecule has 0 radical (unpaired) electrons. The highest BCUT2D eigenvalue weighted by Crippen LogP contribution is 2.36. The zero-order valence-electron chi connectivity index (χ0n) is 17.0. The molecule has 1 N–H and O–H groups in total.